The van der Waals surface area contributed by atoms with Gasteiger partial charge in [-0.25, -0.2) is 4.98 Å². The van der Waals surface area contributed by atoms with Gasteiger partial charge in [0.2, 0.25) is 5.91 Å². The summed E-state index contributed by atoms with van der Waals surface area (Å²) in [6.07, 6.45) is 6.46. The van der Waals surface area contributed by atoms with Crippen molar-refractivity contribution < 1.29 is 14.7 Å². The summed E-state index contributed by atoms with van der Waals surface area (Å²) in [5, 5.41) is 13.0. The van der Waals surface area contributed by atoms with Crippen LogP contribution in [0.15, 0.2) is 84.2 Å². The summed E-state index contributed by atoms with van der Waals surface area (Å²) in [4.78, 5) is 52.0. The maximum atomic E-state index is 14.0. The van der Waals surface area contributed by atoms with Crippen molar-refractivity contribution in [1.82, 2.24) is 28.9 Å². The minimum Gasteiger partial charge on any atom is -0.388 e. The molecule has 5 aromatic rings. The van der Waals surface area contributed by atoms with Crippen LogP contribution in [-0.4, -0.2) is 77.6 Å². The lowest BCUT2D eigenvalue weighted by atomic mass is 9.79. The molecule has 0 radical (unpaired) electrons. The third-order valence-electron chi connectivity index (χ3n) is 9.57. The van der Waals surface area contributed by atoms with Gasteiger partial charge in [0.15, 0.2) is 0 Å². The van der Waals surface area contributed by atoms with Crippen molar-refractivity contribution in [3.63, 3.8) is 0 Å². The molecule has 0 spiro atoms. The van der Waals surface area contributed by atoms with Gasteiger partial charge in [-0.15, -0.1) is 0 Å². The van der Waals surface area contributed by atoms with Crippen LogP contribution in [0.5, 0.6) is 0 Å². The van der Waals surface area contributed by atoms with Gasteiger partial charge in [0.25, 0.3) is 11.5 Å². The number of carbonyl (C=O) groups excluding carboxylic acids is 2. The molecule has 0 bridgehead atoms. The van der Waals surface area contributed by atoms with Gasteiger partial charge in [0, 0.05) is 73.9 Å². The first kappa shape index (κ1) is 28.1. The fourth-order valence-corrected chi connectivity index (χ4v) is 6.99. The quantitative estimate of drug-likeness (QED) is 0.324. The second kappa shape index (κ2) is 11.1. The highest BCUT2D eigenvalue weighted by atomic mass is 16.3. The number of nitrogens with zero attached hydrogens (tertiary/aromatic N) is 5. The van der Waals surface area contributed by atoms with Crippen molar-refractivity contribution in [2.75, 3.05) is 26.2 Å². The number of H-pyrrole nitrogens is 1. The largest absolute Gasteiger partial charge is 0.388 e. The number of aliphatic hydroxyl groups is 1. The Morgan fingerprint density at radius 2 is 1.82 bits per heavy atom. The van der Waals surface area contributed by atoms with Crippen molar-refractivity contribution in [1.29, 1.82) is 0 Å². The van der Waals surface area contributed by atoms with E-state index in [9.17, 15) is 19.5 Å². The molecule has 2 amide bonds. The van der Waals surface area contributed by atoms with Crippen molar-refractivity contribution in [2.45, 2.75) is 37.3 Å². The number of amides is 2. The van der Waals surface area contributed by atoms with Gasteiger partial charge in [-0.05, 0) is 55.2 Å². The highest BCUT2D eigenvalue weighted by Gasteiger charge is 2.41. The van der Waals surface area contributed by atoms with E-state index in [2.05, 4.69) is 9.97 Å². The molecule has 0 unspecified atom stereocenters. The molecule has 2 N–H and O–H groups in total. The van der Waals surface area contributed by atoms with Crippen molar-refractivity contribution in [2.24, 2.45) is 13.0 Å². The lowest BCUT2D eigenvalue weighted by Gasteiger charge is -2.43. The first-order valence-corrected chi connectivity index (χ1v) is 15.2. The van der Waals surface area contributed by atoms with Crippen LogP contribution >= 0.6 is 0 Å². The molecule has 2 aliphatic heterocycles. The number of carbonyl (C=O) groups is 2. The molecule has 2 fully saturated rings. The molecule has 0 aliphatic carbocycles. The van der Waals surface area contributed by atoms with E-state index in [0.29, 0.717) is 62.0 Å². The number of aromatic amines is 1. The Morgan fingerprint density at radius 1 is 1.02 bits per heavy atom. The summed E-state index contributed by atoms with van der Waals surface area (Å²) < 4.78 is 3.27. The van der Waals surface area contributed by atoms with Crippen molar-refractivity contribution >= 4 is 33.8 Å². The summed E-state index contributed by atoms with van der Waals surface area (Å²) in [5.74, 6) is -0.375. The predicted octanol–water partition coefficient (Wildman–Crippen LogP) is 3.52. The number of aryl methyl sites for hydroxylation is 1. The molecule has 2 aromatic carbocycles. The van der Waals surface area contributed by atoms with Crippen LogP contribution in [0.25, 0.3) is 21.9 Å². The molecule has 2 atom stereocenters. The van der Waals surface area contributed by atoms with E-state index < -0.39 is 5.60 Å². The number of rotatable bonds is 5. The molecular weight excluding hydrogens is 556 g/mol. The first-order valence-electron chi connectivity index (χ1n) is 15.2. The molecule has 10 nitrogen and oxygen atoms in total. The van der Waals surface area contributed by atoms with Gasteiger partial charge in [0.1, 0.15) is 12.0 Å². The molecule has 10 heteroatoms. The maximum Gasteiger partial charge on any atom is 0.262 e. The van der Waals surface area contributed by atoms with E-state index in [0.717, 1.165) is 16.5 Å². The fourth-order valence-electron chi connectivity index (χ4n) is 6.99. The van der Waals surface area contributed by atoms with Gasteiger partial charge in [-0.2, -0.15) is 0 Å². The molecule has 7 rings (SSSR count). The topological polar surface area (TPSA) is 116 Å². The number of likely N-dealkylation sites (tertiary alicyclic amines) is 2. The average Bonchev–Trinajstić information content (AvgIpc) is 3.68. The van der Waals surface area contributed by atoms with Gasteiger partial charge < -0.3 is 24.5 Å². The second-order valence-corrected chi connectivity index (χ2v) is 12.3. The van der Waals surface area contributed by atoms with Crippen LogP contribution in [-0.2, 0) is 18.4 Å². The Bertz CT molecular complexity index is 1900. The van der Waals surface area contributed by atoms with Gasteiger partial charge in [-0.1, -0.05) is 30.3 Å². The first-order chi connectivity index (χ1) is 21.3. The monoisotopic (exact) mass is 592 g/mol. The van der Waals surface area contributed by atoms with Gasteiger partial charge in [-0.3, -0.25) is 19.0 Å². The Kier molecular flexibility index (Phi) is 7.08. The normalized spacial score (nSPS) is 20.3. The SMILES string of the molecule is Cn1ccc2c(=O)n(CC3(O)CCN(C(=O)[C@@H]4CCN(C(=O)c5ccc6[nH]ccc6c5)C[C@H]4c4ccccc4)CC3)cnc21. The smallest absolute Gasteiger partial charge is 0.262 e. The summed E-state index contributed by atoms with van der Waals surface area (Å²) >= 11 is 0. The lowest BCUT2D eigenvalue weighted by Crippen LogP contribution is -2.53. The van der Waals surface area contributed by atoms with Crippen LogP contribution in [0.2, 0.25) is 0 Å². The Hall–Kier alpha value is -4.70. The standard InChI is InChI=1S/C34H36N6O4/c1-37-15-10-27-30(37)36-22-40(33(27)43)21-34(44)12-17-38(18-13-34)32(42)26-11-16-39(20-28(26)23-5-3-2-4-6-23)31(41)25-7-8-29-24(19-25)9-14-35-29/h2-10,14-15,19,22,26,28,35,44H,11-13,16-18,20-21H2,1H3/t26-,28+/m1/s1. The minimum atomic E-state index is -1.11. The molecule has 226 valence electrons. The molecule has 2 saturated heterocycles. The maximum absolute atomic E-state index is 14.0. The minimum absolute atomic E-state index is 0.0265. The third kappa shape index (κ3) is 5.09. The molecule has 0 saturated carbocycles. The fraction of sp³-hybridized carbons (Fsp3) is 0.353. The Balaban J connectivity index is 1.05. The molecule has 3 aromatic heterocycles. The van der Waals surface area contributed by atoms with E-state index >= 15 is 0 Å². The number of hydrogen-bond acceptors (Lipinski definition) is 5. The molecule has 5 heterocycles. The second-order valence-electron chi connectivity index (χ2n) is 12.3. The van der Waals surface area contributed by atoms with Crippen LogP contribution in [0, 0.1) is 5.92 Å². The third-order valence-corrected chi connectivity index (χ3v) is 9.57. The average molecular weight is 593 g/mol. The molecule has 44 heavy (non-hydrogen) atoms. The van der Waals surface area contributed by atoms with Crippen LogP contribution < -0.4 is 5.56 Å². The predicted molar refractivity (Wildman–Crippen MR) is 167 cm³/mol. The molecular formula is C34H36N6O4. The number of piperidine rings is 2. The van der Waals surface area contributed by atoms with Gasteiger partial charge in [0.05, 0.1) is 17.5 Å². The van der Waals surface area contributed by atoms with Crippen molar-refractivity contribution in [3.05, 3.63) is 101 Å². The Morgan fingerprint density at radius 3 is 2.61 bits per heavy atom. The van der Waals surface area contributed by atoms with E-state index in [1.54, 1.807) is 16.8 Å². The number of hydrogen-bond donors (Lipinski definition) is 2. The van der Waals surface area contributed by atoms with Crippen LogP contribution in [0.4, 0.5) is 0 Å². The van der Waals surface area contributed by atoms with E-state index in [1.165, 1.54) is 10.9 Å². The highest BCUT2D eigenvalue weighted by molar-refractivity contribution is 5.98. The van der Waals surface area contributed by atoms with E-state index in [1.807, 2.05) is 77.6 Å². The summed E-state index contributed by atoms with van der Waals surface area (Å²) in [5.41, 5.74) is 2.00. The molecule has 2 aliphatic rings. The van der Waals surface area contributed by atoms with Gasteiger partial charge >= 0.3 is 0 Å². The van der Waals surface area contributed by atoms with E-state index in [4.69, 9.17) is 0 Å². The lowest BCUT2D eigenvalue weighted by molar-refractivity contribution is -0.142. The van der Waals surface area contributed by atoms with Crippen LogP contribution in [0.3, 0.4) is 0 Å². The zero-order valence-electron chi connectivity index (χ0n) is 24.7. The number of nitrogens with one attached hydrogen (secondary N) is 1. The summed E-state index contributed by atoms with van der Waals surface area (Å²) in [6.45, 7) is 1.90. The zero-order valence-corrected chi connectivity index (χ0v) is 24.7. The summed E-state index contributed by atoms with van der Waals surface area (Å²) in [7, 11) is 1.84. The van der Waals surface area contributed by atoms with E-state index in [-0.39, 0.29) is 35.8 Å². The number of benzene rings is 2. The Labute approximate surface area is 254 Å². The summed E-state index contributed by atoms with van der Waals surface area (Å²) in [6, 6.07) is 19.4. The van der Waals surface area contributed by atoms with Crippen LogP contribution in [0.1, 0.15) is 41.1 Å². The number of fused-ring (bicyclic) bond motifs is 2. The number of aromatic nitrogens is 4. The highest BCUT2D eigenvalue weighted by Crippen LogP contribution is 2.36. The zero-order chi connectivity index (χ0) is 30.4. The van der Waals surface area contributed by atoms with Crippen molar-refractivity contribution in [3.8, 4) is 0 Å².